The topological polar surface area (TPSA) is 108 Å². The molecular formula is C24H33N8O2S+. The molecule has 0 saturated carbocycles. The van der Waals surface area contributed by atoms with Gasteiger partial charge in [0, 0.05) is 42.2 Å². The lowest BCUT2D eigenvalue weighted by atomic mass is 10.1. The fourth-order valence-electron chi connectivity index (χ4n) is 4.37. The number of H-pyrrole nitrogens is 1. The van der Waals surface area contributed by atoms with E-state index < -0.39 is 0 Å². The molecule has 2 aromatic rings. The second-order valence-electron chi connectivity index (χ2n) is 9.07. The molecule has 2 fully saturated rings. The van der Waals surface area contributed by atoms with E-state index in [1.165, 1.54) is 0 Å². The normalized spacial score (nSPS) is 20.7. The quantitative estimate of drug-likeness (QED) is 0.476. The second-order valence-corrected chi connectivity index (χ2v) is 10.1. The highest BCUT2D eigenvalue weighted by Gasteiger charge is 2.37. The van der Waals surface area contributed by atoms with E-state index >= 15 is 0 Å². The zero-order valence-electron chi connectivity index (χ0n) is 20.2. The van der Waals surface area contributed by atoms with Crippen molar-refractivity contribution in [3.63, 3.8) is 0 Å². The Balaban J connectivity index is 1.29. The fraction of sp³-hybridized carbons (Fsp3) is 0.500. The molecule has 4 heterocycles. The number of aromatic nitrogens is 2. The van der Waals surface area contributed by atoms with E-state index in [1.54, 1.807) is 11.8 Å². The number of amides is 1. The number of carbonyl (C=O) groups is 1. The van der Waals surface area contributed by atoms with Gasteiger partial charge >= 0.3 is 5.16 Å². The van der Waals surface area contributed by atoms with Gasteiger partial charge in [0.25, 0.3) is 0 Å². The van der Waals surface area contributed by atoms with E-state index in [-0.39, 0.29) is 12.1 Å². The van der Waals surface area contributed by atoms with Gasteiger partial charge in [-0.25, -0.2) is 4.98 Å². The number of aromatic amines is 1. The van der Waals surface area contributed by atoms with Crippen LogP contribution in [0.3, 0.4) is 0 Å². The average Bonchev–Trinajstić information content (AvgIpc) is 3.24. The zero-order chi connectivity index (χ0) is 24.2. The Labute approximate surface area is 209 Å². The largest absolute Gasteiger partial charge is 0.379 e. The van der Waals surface area contributed by atoms with Gasteiger partial charge in [0.2, 0.25) is 17.5 Å². The van der Waals surface area contributed by atoms with Crippen molar-refractivity contribution in [2.75, 3.05) is 54.9 Å². The van der Waals surface area contributed by atoms with Gasteiger partial charge in [-0.15, -0.1) is 0 Å². The van der Waals surface area contributed by atoms with Crippen LogP contribution >= 0.6 is 11.8 Å². The number of hydrogen-bond acceptors (Lipinski definition) is 9. The average molecular weight is 498 g/mol. The highest BCUT2D eigenvalue weighted by Crippen LogP contribution is 2.29. The minimum absolute atomic E-state index is 0.00786. The number of carbonyl (C=O) groups excluding carboxylic acids is 1. The Morgan fingerprint density at radius 2 is 2.03 bits per heavy atom. The van der Waals surface area contributed by atoms with Gasteiger partial charge in [-0.1, -0.05) is 11.9 Å². The molecule has 0 spiro atoms. The lowest BCUT2D eigenvalue weighted by Gasteiger charge is -2.43. The van der Waals surface area contributed by atoms with E-state index in [0.29, 0.717) is 12.5 Å². The number of nitrogens with zero attached hydrogens (tertiary/aromatic N) is 4. The minimum Gasteiger partial charge on any atom is -0.379 e. The minimum atomic E-state index is 0.00786. The van der Waals surface area contributed by atoms with Crippen LogP contribution in [0.1, 0.15) is 26.7 Å². The molecule has 1 unspecified atom stereocenters. The van der Waals surface area contributed by atoms with Gasteiger partial charge in [0.1, 0.15) is 6.17 Å². The summed E-state index contributed by atoms with van der Waals surface area (Å²) >= 11 is 1.57. The van der Waals surface area contributed by atoms with Crippen LogP contribution in [-0.4, -0.2) is 73.1 Å². The number of benzene rings is 1. The summed E-state index contributed by atoms with van der Waals surface area (Å²) < 4.78 is 5.50. The van der Waals surface area contributed by atoms with E-state index in [0.717, 1.165) is 78.9 Å². The highest BCUT2D eigenvalue weighted by atomic mass is 32.2. The standard InChI is InChI=1S/C24H32N8O2S/c1-3-23(33)25-17-4-6-19(7-5-17)35-24-27-20(26-21-12-16(2)29-30-21)13-22(28-24)32-14-18(15-32)31-8-10-34-11-9-31/h4-7,13,18,21,30H,3,8-12,14-15H2,1-2H3,(H,25,33)(H,26,27,28)/p+1. The summed E-state index contributed by atoms with van der Waals surface area (Å²) in [6, 6.07) is 10.5. The summed E-state index contributed by atoms with van der Waals surface area (Å²) in [6.07, 6.45) is 1.34. The molecule has 5 rings (SSSR count). The van der Waals surface area contributed by atoms with Gasteiger partial charge in [-0.3, -0.25) is 20.0 Å². The maximum absolute atomic E-state index is 11.7. The Bertz CT molecular complexity index is 1070. The van der Waals surface area contributed by atoms with Crippen LogP contribution in [-0.2, 0) is 9.53 Å². The number of nitrogens with one attached hydrogen (secondary N) is 4. The zero-order valence-corrected chi connectivity index (χ0v) is 21.0. The first-order chi connectivity index (χ1) is 17.1. The first-order valence-electron chi connectivity index (χ1n) is 12.2. The number of hydrazone groups is 1. The van der Waals surface area contributed by atoms with Crippen molar-refractivity contribution in [2.24, 2.45) is 5.10 Å². The summed E-state index contributed by atoms with van der Waals surface area (Å²) in [7, 11) is 0. The predicted molar refractivity (Wildman–Crippen MR) is 137 cm³/mol. The Hall–Kier alpha value is -2.89. The van der Waals surface area contributed by atoms with Gasteiger partial charge in [0.15, 0.2) is 0 Å². The van der Waals surface area contributed by atoms with Crippen LogP contribution in [0, 0.1) is 0 Å². The van der Waals surface area contributed by atoms with Crippen LogP contribution in [0.5, 0.6) is 0 Å². The molecule has 0 aliphatic carbocycles. The van der Waals surface area contributed by atoms with Gasteiger partial charge < -0.3 is 15.4 Å². The Morgan fingerprint density at radius 1 is 1.26 bits per heavy atom. The van der Waals surface area contributed by atoms with Crippen molar-refractivity contribution in [3.05, 3.63) is 30.3 Å². The SMILES string of the molecule is CCC(=O)Nc1ccc(Sc2nc(NC3CC(C)=NN3)cc(N3CC(N4CCOCC4)C3)[nH+]2)cc1. The van der Waals surface area contributed by atoms with Gasteiger partial charge in [0.05, 0.1) is 38.4 Å². The predicted octanol–water partition coefficient (Wildman–Crippen LogP) is 2.02. The second kappa shape index (κ2) is 10.8. The van der Waals surface area contributed by atoms with Crippen molar-refractivity contribution < 1.29 is 14.5 Å². The van der Waals surface area contributed by atoms with E-state index in [2.05, 4.69) is 42.0 Å². The molecule has 1 aromatic carbocycles. The van der Waals surface area contributed by atoms with Gasteiger partial charge in [-0.05, 0) is 43.0 Å². The maximum atomic E-state index is 11.7. The van der Waals surface area contributed by atoms with Crippen molar-refractivity contribution in [1.82, 2.24) is 15.3 Å². The number of rotatable bonds is 8. The smallest absolute Gasteiger partial charge is 0.303 e. The van der Waals surface area contributed by atoms with Crippen LogP contribution < -0.4 is 25.9 Å². The van der Waals surface area contributed by atoms with E-state index in [1.807, 2.05) is 38.1 Å². The molecule has 3 aliphatic heterocycles. The number of morpholine rings is 1. The Kier molecular flexibility index (Phi) is 7.35. The number of ether oxygens (including phenoxy) is 1. The first-order valence-corrected chi connectivity index (χ1v) is 13.0. The number of anilines is 3. The molecular weight excluding hydrogens is 464 g/mol. The van der Waals surface area contributed by atoms with Crippen LogP contribution in [0.25, 0.3) is 0 Å². The fourth-order valence-corrected chi connectivity index (χ4v) is 5.16. The third-order valence-electron chi connectivity index (χ3n) is 6.40. The molecule has 0 bridgehead atoms. The molecule has 3 aliphatic rings. The molecule has 1 atom stereocenters. The van der Waals surface area contributed by atoms with Crippen LogP contribution in [0.2, 0.25) is 0 Å². The molecule has 1 aromatic heterocycles. The molecule has 0 radical (unpaired) electrons. The van der Waals surface area contributed by atoms with Crippen LogP contribution in [0.15, 0.2) is 45.5 Å². The van der Waals surface area contributed by atoms with E-state index in [4.69, 9.17) is 9.72 Å². The van der Waals surface area contributed by atoms with Crippen molar-refractivity contribution in [1.29, 1.82) is 0 Å². The monoisotopic (exact) mass is 497 g/mol. The van der Waals surface area contributed by atoms with Gasteiger partial charge in [-0.2, -0.15) is 5.10 Å². The molecule has 186 valence electrons. The molecule has 2 saturated heterocycles. The summed E-state index contributed by atoms with van der Waals surface area (Å²) in [4.78, 5) is 25.9. The van der Waals surface area contributed by atoms with E-state index in [9.17, 15) is 4.79 Å². The first kappa shape index (κ1) is 23.8. The molecule has 10 nitrogen and oxygen atoms in total. The summed E-state index contributed by atoms with van der Waals surface area (Å²) in [5.74, 6) is 1.87. The summed E-state index contributed by atoms with van der Waals surface area (Å²) in [5, 5.41) is 11.5. The molecule has 4 N–H and O–H groups in total. The molecule has 35 heavy (non-hydrogen) atoms. The lowest BCUT2D eigenvalue weighted by Crippen LogP contribution is -2.62. The van der Waals surface area contributed by atoms with Crippen molar-refractivity contribution in [3.8, 4) is 0 Å². The Morgan fingerprint density at radius 3 is 2.71 bits per heavy atom. The lowest BCUT2D eigenvalue weighted by molar-refractivity contribution is -0.420. The van der Waals surface area contributed by atoms with Crippen molar-refractivity contribution >= 4 is 40.7 Å². The molecule has 11 heteroatoms. The van der Waals surface area contributed by atoms with Crippen molar-refractivity contribution in [2.45, 2.75) is 48.9 Å². The summed E-state index contributed by atoms with van der Waals surface area (Å²) in [5.41, 5.74) is 5.00. The molecule has 1 amide bonds. The van der Waals surface area contributed by atoms with Crippen LogP contribution in [0.4, 0.5) is 17.3 Å². The third-order valence-corrected chi connectivity index (χ3v) is 7.30. The highest BCUT2D eigenvalue weighted by molar-refractivity contribution is 7.99. The maximum Gasteiger partial charge on any atom is 0.303 e. The number of hydrogen-bond donors (Lipinski definition) is 3. The summed E-state index contributed by atoms with van der Waals surface area (Å²) in [6.45, 7) is 9.50. The third kappa shape index (κ3) is 6.03.